The van der Waals surface area contributed by atoms with Crippen LogP contribution in [0.15, 0.2) is 12.1 Å². The van der Waals surface area contributed by atoms with E-state index in [4.69, 9.17) is 9.47 Å². The minimum atomic E-state index is -2.56. The Balaban J connectivity index is 2.80. The van der Waals surface area contributed by atoms with Gasteiger partial charge in [0.15, 0.2) is 0 Å². The summed E-state index contributed by atoms with van der Waals surface area (Å²) in [5.41, 5.74) is -0.140. The second-order valence-electron chi connectivity index (χ2n) is 4.37. The van der Waals surface area contributed by atoms with Crippen LogP contribution < -0.4 is 10.1 Å². The zero-order chi connectivity index (χ0) is 15.8. The summed E-state index contributed by atoms with van der Waals surface area (Å²) < 4.78 is 61.5. The van der Waals surface area contributed by atoms with Gasteiger partial charge in [0.2, 0.25) is 0 Å². The summed E-state index contributed by atoms with van der Waals surface area (Å²) in [7, 11) is 1.31. The molecule has 0 bridgehead atoms. The Labute approximate surface area is 121 Å². The van der Waals surface area contributed by atoms with Crippen LogP contribution in [0.4, 0.5) is 17.6 Å². The molecule has 1 rings (SSSR count). The highest BCUT2D eigenvalue weighted by Gasteiger charge is 2.21. The Kier molecular flexibility index (Phi) is 7.45. The second-order valence-corrected chi connectivity index (χ2v) is 4.37. The Morgan fingerprint density at radius 3 is 2.29 bits per heavy atom. The number of alkyl halides is 2. The number of ether oxygens (including phenoxy) is 2. The van der Waals surface area contributed by atoms with Crippen LogP contribution in [0.5, 0.6) is 5.75 Å². The van der Waals surface area contributed by atoms with Gasteiger partial charge >= 0.3 is 0 Å². The van der Waals surface area contributed by atoms with E-state index in [1.807, 2.05) is 0 Å². The minimum absolute atomic E-state index is 0.0209. The summed E-state index contributed by atoms with van der Waals surface area (Å²) in [6.45, 7) is 1.55. The zero-order valence-electron chi connectivity index (χ0n) is 12.0. The molecule has 21 heavy (non-hydrogen) atoms. The minimum Gasteiger partial charge on any atom is -0.497 e. The summed E-state index contributed by atoms with van der Waals surface area (Å²) in [6.07, 6.45) is -2.38. The Hall–Kier alpha value is -1.34. The van der Waals surface area contributed by atoms with Gasteiger partial charge in [0.25, 0.3) is 6.43 Å². The number of benzene rings is 1. The van der Waals surface area contributed by atoms with Gasteiger partial charge in [-0.15, -0.1) is 0 Å². The van der Waals surface area contributed by atoms with Crippen molar-refractivity contribution in [3.8, 4) is 5.75 Å². The third-order valence-electron chi connectivity index (χ3n) is 2.88. The molecule has 0 aliphatic heterocycles. The standard InChI is InChI=1S/C14H19F4NO2/c1-3-19-12(4-5-21-8-13(17)18)14-10(15)6-9(20-2)7-11(14)16/h6-7,12-13,19H,3-5,8H2,1-2H3. The van der Waals surface area contributed by atoms with Crippen molar-refractivity contribution in [1.82, 2.24) is 5.32 Å². The van der Waals surface area contributed by atoms with E-state index in [0.717, 1.165) is 12.1 Å². The van der Waals surface area contributed by atoms with E-state index in [2.05, 4.69) is 5.32 Å². The van der Waals surface area contributed by atoms with Gasteiger partial charge in [-0.2, -0.15) is 0 Å². The molecular formula is C14H19F4NO2. The molecule has 0 amide bonds. The van der Waals surface area contributed by atoms with Crippen molar-refractivity contribution in [3.63, 3.8) is 0 Å². The number of methoxy groups -OCH3 is 1. The Bertz CT molecular complexity index is 420. The van der Waals surface area contributed by atoms with E-state index in [0.29, 0.717) is 6.54 Å². The Morgan fingerprint density at radius 1 is 1.19 bits per heavy atom. The molecule has 0 radical (unpaired) electrons. The summed E-state index contributed by atoms with van der Waals surface area (Å²) in [5.74, 6) is -1.41. The fraction of sp³-hybridized carbons (Fsp3) is 0.571. The molecule has 1 aromatic carbocycles. The lowest BCUT2D eigenvalue weighted by atomic mass is 10.0. The lowest BCUT2D eigenvalue weighted by Crippen LogP contribution is -2.25. The van der Waals surface area contributed by atoms with Gasteiger partial charge in [-0.05, 0) is 13.0 Å². The lowest BCUT2D eigenvalue weighted by molar-refractivity contribution is 0.0142. The summed E-state index contributed by atoms with van der Waals surface area (Å²) in [4.78, 5) is 0. The smallest absolute Gasteiger partial charge is 0.261 e. The molecule has 1 unspecified atom stereocenters. The molecule has 0 fully saturated rings. The molecule has 1 atom stereocenters. The van der Waals surface area contributed by atoms with Crippen LogP contribution in [-0.2, 0) is 4.74 Å². The maximum Gasteiger partial charge on any atom is 0.261 e. The molecule has 120 valence electrons. The molecule has 0 aromatic heterocycles. The van der Waals surface area contributed by atoms with Crippen LogP contribution in [0.3, 0.4) is 0 Å². The van der Waals surface area contributed by atoms with E-state index >= 15 is 0 Å². The molecule has 0 spiro atoms. The van der Waals surface area contributed by atoms with Crippen molar-refractivity contribution in [3.05, 3.63) is 29.3 Å². The predicted octanol–water partition coefficient (Wildman–Crippen LogP) is 3.30. The molecule has 0 aliphatic carbocycles. The zero-order valence-corrected chi connectivity index (χ0v) is 12.0. The third kappa shape index (κ3) is 5.51. The van der Waals surface area contributed by atoms with Gasteiger partial charge in [-0.3, -0.25) is 0 Å². The van der Waals surface area contributed by atoms with Crippen molar-refractivity contribution in [1.29, 1.82) is 0 Å². The number of nitrogens with one attached hydrogen (secondary N) is 1. The van der Waals surface area contributed by atoms with Gasteiger partial charge < -0.3 is 14.8 Å². The van der Waals surface area contributed by atoms with Gasteiger partial charge in [0.05, 0.1) is 7.11 Å². The largest absolute Gasteiger partial charge is 0.497 e. The first kappa shape index (κ1) is 17.7. The van der Waals surface area contributed by atoms with Crippen LogP contribution >= 0.6 is 0 Å². The number of hydrogen-bond acceptors (Lipinski definition) is 3. The van der Waals surface area contributed by atoms with Gasteiger partial charge in [-0.1, -0.05) is 6.92 Å². The summed E-state index contributed by atoms with van der Waals surface area (Å²) >= 11 is 0. The normalized spacial score (nSPS) is 12.7. The second kappa shape index (κ2) is 8.84. The van der Waals surface area contributed by atoms with Crippen molar-refractivity contribution >= 4 is 0 Å². The van der Waals surface area contributed by atoms with Crippen LogP contribution in [0, 0.1) is 11.6 Å². The van der Waals surface area contributed by atoms with Crippen molar-refractivity contribution in [2.45, 2.75) is 25.8 Å². The van der Waals surface area contributed by atoms with Crippen LogP contribution in [-0.4, -0.2) is 33.3 Å². The van der Waals surface area contributed by atoms with E-state index in [1.54, 1.807) is 6.92 Å². The fourth-order valence-corrected chi connectivity index (χ4v) is 1.98. The highest BCUT2D eigenvalue weighted by molar-refractivity contribution is 5.32. The average molecular weight is 309 g/mol. The molecule has 7 heteroatoms. The highest BCUT2D eigenvalue weighted by Crippen LogP contribution is 2.27. The fourth-order valence-electron chi connectivity index (χ4n) is 1.98. The summed E-state index contributed by atoms with van der Waals surface area (Å²) in [6, 6.07) is 1.52. The van der Waals surface area contributed by atoms with E-state index in [1.165, 1.54) is 7.11 Å². The number of hydrogen-bond donors (Lipinski definition) is 1. The van der Waals surface area contributed by atoms with Crippen LogP contribution in [0.1, 0.15) is 24.9 Å². The highest BCUT2D eigenvalue weighted by atomic mass is 19.3. The average Bonchev–Trinajstić information content (AvgIpc) is 2.42. The monoisotopic (exact) mass is 309 g/mol. The van der Waals surface area contributed by atoms with Crippen molar-refractivity contribution in [2.75, 3.05) is 26.9 Å². The number of halogens is 4. The first-order valence-electron chi connectivity index (χ1n) is 6.61. The SMILES string of the molecule is CCNC(CCOCC(F)F)c1c(F)cc(OC)cc1F. The van der Waals surface area contributed by atoms with Gasteiger partial charge in [0.1, 0.15) is 24.0 Å². The molecule has 0 saturated carbocycles. The maximum atomic E-state index is 14.0. The van der Waals surface area contributed by atoms with E-state index < -0.39 is 30.7 Å². The van der Waals surface area contributed by atoms with Gasteiger partial charge in [-0.25, -0.2) is 17.6 Å². The Morgan fingerprint density at radius 2 is 1.81 bits per heavy atom. The third-order valence-corrected chi connectivity index (χ3v) is 2.88. The van der Waals surface area contributed by atoms with Crippen molar-refractivity contribution in [2.24, 2.45) is 0 Å². The molecule has 0 heterocycles. The van der Waals surface area contributed by atoms with Crippen molar-refractivity contribution < 1.29 is 27.0 Å². The predicted molar refractivity (Wildman–Crippen MR) is 70.8 cm³/mol. The molecule has 3 nitrogen and oxygen atoms in total. The molecular weight excluding hydrogens is 290 g/mol. The van der Waals surface area contributed by atoms with E-state index in [9.17, 15) is 17.6 Å². The molecule has 0 saturated heterocycles. The summed E-state index contributed by atoms with van der Waals surface area (Å²) in [5, 5.41) is 2.92. The van der Waals surface area contributed by atoms with Crippen LogP contribution in [0.25, 0.3) is 0 Å². The first-order valence-corrected chi connectivity index (χ1v) is 6.61. The molecule has 0 aliphatic rings. The molecule has 1 aromatic rings. The molecule has 1 N–H and O–H groups in total. The maximum absolute atomic E-state index is 14.0. The lowest BCUT2D eigenvalue weighted by Gasteiger charge is -2.20. The van der Waals surface area contributed by atoms with Gasteiger partial charge in [0, 0.05) is 30.3 Å². The quantitative estimate of drug-likeness (QED) is 0.561. The van der Waals surface area contributed by atoms with E-state index in [-0.39, 0.29) is 24.3 Å². The van der Waals surface area contributed by atoms with Crippen LogP contribution in [0.2, 0.25) is 0 Å². The topological polar surface area (TPSA) is 30.5 Å². The number of rotatable bonds is 9. The first-order chi connectivity index (χ1) is 9.99.